The van der Waals surface area contributed by atoms with Crippen molar-refractivity contribution in [3.8, 4) is 11.5 Å². The highest BCUT2D eigenvalue weighted by molar-refractivity contribution is 7.22. The highest BCUT2D eigenvalue weighted by Gasteiger charge is 2.22. The number of ether oxygens (including phenoxy) is 2. The maximum atomic E-state index is 13.5. The first-order valence-corrected chi connectivity index (χ1v) is 11.8. The van der Waals surface area contributed by atoms with Gasteiger partial charge in [0.15, 0.2) is 5.13 Å². The largest absolute Gasteiger partial charge is 0.497 e. The standard InChI is InChI=1S/C25H28N4O3S/c1-5-32-21-7-6-8-22-24(21)26-25(33-22)28(13-14-29-18(3)15-17(2)27-29)23(30)16-19-9-11-20(31-4)12-10-19/h6-12,15H,5,13-14,16H2,1-4H3. The lowest BCUT2D eigenvalue weighted by Gasteiger charge is -2.20. The summed E-state index contributed by atoms with van der Waals surface area (Å²) in [5.41, 5.74) is 3.74. The number of amides is 1. The summed E-state index contributed by atoms with van der Waals surface area (Å²) >= 11 is 1.50. The van der Waals surface area contributed by atoms with Crippen molar-refractivity contribution in [3.05, 3.63) is 65.5 Å². The van der Waals surface area contributed by atoms with Gasteiger partial charge >= 0.3 is 0 Å². The summed E-state index contributed by atoms with van der Waals surface area (Å²) in [6.07, 6.45) is 0.273. The molecule has 4 rings (SSSR count). The van der Waals surface area contributed by atoms with E-state index in [4.69, 9.17) is 14.5 Å². The smallest absolute Gasteiger partial charge is 0.233 e. The van der Waals surface area contributed by atoms with Crippen molar-refractivity contribution >= 4 is 32.6 Å². The van der Waals surface area contributed by atoms with Gasteiger partial charge in [-0.15, -0.1) is 0 Å². The minimum Gasteiger partial charge on any atom is -0.497 e. The topological polar surface area (TPSA) is 69.5 Å². The Morgan fingerprint density at radius 2 is 1.94 bits per heavy atom. The summed E-state index contributed by atoms with van der Waals surface area (Å²) in [5, 5.41) is 5.21. The molecule has 8 heteroatoms. The molecule has 0 N–H and O–H groups in total. The first-order chi connectivity index (χ1) is 16.0. The van der Waals surface area contributed by atoms with Gasteiger partial charge < -0.3 is 9.47 Å². The van der Waals surface area contributed by atoms with E-state index in [0.717, 1.165) is 38.7 Å². The molecule has 0 saturated carbocycles. The Morgan fingerprint density at radius 1 is 1.15 bits per heavy atom. The number of rotatable bonds is 9. The highest BCUT2D eigenvalue weighted by Crippen LogP contribution is 2.34. The van der Waals surface area contributed by atoms with E-state index < -0.39 is 0 Å². The van der Waals surface area contributed by atoms with Crippen LogP contribution >= 0.6 is 11.3 Å². The van der Waals surface area contributed by atoms with Crippen molar-refractivity contribution < 1.29 is 14.3 Å². The molecule has 1 amide bonds. The van der Waals surface area contributed by atoms with E-state index in [1.807, 2.05) is 74.0 Å². The van der Waals surface area contributed by atoms with Gasteiger partial charge in [-0.3, -0.25) is 14.4 Å². The van der Waals surface area contributed by atoms with Crippen LogP contribution in [0.3, 0.4) is 0 Å². The normalized spacial score (nSPS) is 11.0. The third-order valence-electron chi connectivity index (χ3n) is 5.36. The summed E-state index contributed by atoms with van der Waals surface area (Å²) < 4.78 is 13.9. The monoisotopic (exact) mass is 464 g/mol. The van der Waals surface area contributed by atoms with Crippen LogP contribution in [0.4, 0.5) is 5.13 Å². The molecule has 2 aromatic heterocycles. The fourth-order valence-corrected chi connectivity index (χ4v) is 4.76. The first kappa shape index (κ1) is 22.8. The number of aromatic nitrogens is 3. The van der Waals surface area contributed by atoms with E-state index in [-0.39, 0.29) is 12.3 Å². The second-order valence-electron chi connectivity index (χ2n) is 7.75. The van der Waals surface area contributed by atoms with Gasteiger partial charge in [0.1, 0.15) is 17.0 Å². The van der Waals surface area contributed by atoms with Crippen molar-refractivity contribution in [1.29, 1.82) is 0 Å². The van der Waals surface area contributed by atoms with E-state index in [2.05, 4.69) is 5.10 Å². The van der Waals surface area contributed by atoms with E-state index >= 15 is 0 Å². The van der Waals surface area contributed by atoms with Crippen LogP contribution in [0.1, 0.15) is 23.9 Å². The maximum Gasteiger partial charge on any atom is 0.233 e. The number of anilines is 1. The lowest BCUT2D eigenvalue weighted by molar-refractivity contribution is -0.118. The maximum absolute atomic E-state index is 13.5. The summed E-state index contributed by atoms with van der Waals surface area (Å²) in [5.74, 6) is 1.49. The molecule has 33 heavy (non-hydrogen) atoms. The third kappa shape index (κ3) is 5.17. The molecule has 0 spiro atoms. The number of thiazole rings is 1. The fraction of sp³-hybridized carbons (Fsp3) is 0.320. The van der Waals surface area contributed by atoms with Gasteiger partial charge in [0, 0.05) is 12.2 Å². The fourth-order valence-electron chi connectivity index (χ4n) is 3.74. The minimum absolute atomic E-state index is 0.0151. The Balaban J connectivity index is 1.64. The molecule has 0 atom stereocenters. The van der Waals surface area contributed by atoms with Gasteiger partial charge in [-0.05, 0) is 56.7 Å². The molecule has 0 saturated heterocycles. The number of aryl methyl sites for hydroxylation is 2. The number of hydrogen-bond donors (Lipinski definition) is 0. The molecule has 2 aromatic carbocycles. The SMILES string of the molecule is CCOc1cccc2sc(N(CCn3nc(C)cc3C)C(=O)Cc3ccc(OC)cc3)nc12. The summed E-state index contributed by atoms with van der Waals surface area (Å²) in [6, 6.07) is 15.5. The van der Waals surface area contributed by atoms with Crippen molar-refractivity contribution in [1.82, 2.24) is 14.8 Å². The summed E-state index contributed by atoms with van der Waals surface area (Å²) in [4.78, 5) is 20.0. The van der Waals surface area contributed by atoms with Gasteiger partial charge in [0.2, 0.25) is 5.91 Å². The van der Waals surface area contributed by atoms with Crippen molar-refractivity contribution in [3.63, 3.8) is 0 Å². The number of benzene rings is 2. The number of methoxy groups -OCH3 is 1. The predicted octanol–water partition coefficient (Wildman–Crippen LogP) is 4.79. The van der Waals surface area contributed by atoms with Crippen molar-refractivity contribution in [2.24, 2.45) is 0 Å². The van der Waals surface area contributed by atoms with Gasteiger partial charge in [0.05, 0.1) is 37.1 Å². The molecule has 0 aliphatic rings. The molecule has 2 heterocycles. The number of carbonyl (C=O) groups excluding carboxylic acids is 1. The molecule has 7 nitrogen and oxygen atoms in total. The van der Waals surface area contributed by atoms with Crippen molar-refractivity contribution in [2.45, 2.75) is 33.7 Å². The summed E-state index contributed by atoms with van der Waals surface area (Å²) in [7, 11) is 1.63. The molecule has 0 fully saturated rings. The predicted molar refractivity (Wildman–Crippen MR) is 132 cm³/mol. The van der Waals surface area contributed by atoms with Crippen molar-refractivity contribution in [2.75, 3.05) is 25.2 Å². The quantitative estimate of drug-likeness (QED) is 0.356. The van der Waals surface area contributed by atoms with Gasteiger partial charge in [-0.25, -0.2) is 4.98 Å². The van der Waals surface area contributed by atoms with Gasteiger partial charge in [0.25, 0.3) is 0 Å². The minimum atomic E-state index is -0.0151. The van der Waals surface area contributed by atoms with E-state index in [0.29, 0.717) is 24.8 Å². The number of nitrogens with zero attached hydrogens (tertiary/aromatic N) is 4. The second-order valence-corrected chi connectivity index (χ2v) is 8.76. The van der Waals surface area contributed by atoms with E-state index in [1.54, 1.807) is 12.0 Å². The van der Waals surface area contributed by atoms with Crippen LogP contribution in [-0.4, -0.2) is 40.9 Å². The summed E-state index contributed by atoms with van der Waals surface area (Å²) in [6.45, 7) is 7.56. The van der Waals surface area contributed by atoms with E-state index in [9.17, 15) is 4.79 Å². The number of carbonyl (C=O) groups is 1. The Labute approximate surface area is 197 Å². The van der Waals surface area contributed by atoms with Crippen LogP contribution in [0.5, 0.6) is 11.5 Å². The average molecular weight is 465 g/mol. The molecule has 0 aliphatic heterocycles. The van der Waals surface area contributed by atoms with Crippen LogP contribution < -0.4 is 14.4 Å². The number of hydrogen-bond acceptors (Lipinski definition) is 6. The molecule has 0 unspecified atom stereocenters. The Bertz CT molecular complexity index is 1250. The zero-order valence-electron chi connectivity index (χ0n) is 19.4. The molecule has 0 aliphatic carbocycles. The average Bonchev–Trinajstić information content (AvgIpc) is 3.37. The van der Waals surface area contributed by atoms with Crippen LogP contribution in [0.25, 0.3) is 10.2 Å². The Morgan fingerprint density at radius 3 is 2.61 bits per heavy atom. The van der Waals surface area contributed by atoms with Gasteiger partial charge in [-0.1, -0.05) is 29.5 Å². The second kappa shape index (κ2) is 10.0. The number of fused-ring (bicyclic) bond motifs is 1. The van der Waals surface area contributed by atoms with E-state index in [1.165, 1.54) is 11.3 Å². The first-order valence-electron chi connectivity index (χ1n) is 10.9. The lowest BCUT2D eigenvalue weighted by atomic mass is 10.1. The highest BCUT2D eigenvalue weighted by atomic mass is 32.1. The molecular formula is C25H28N4O3S. The Hall–Kier alpha value is -3.39. The molecule has 172 valence electrons. The third-order valence-corrected chi connectivity index (χ3v) is 6.40. The lowest BCUT2D eigenvalue weighted by Crippen LogP contribution is -2.35. The Kier molecular flexibility index (Phi) is 6.93. The molecular weight excluding hydrogens is 436 g/mol. The van der Waals surface area contributed by atoms with Crippen LogP contribution in [0.15, 0.2) is 48.5 Å². The molecule has 0 radical (unpaired) electrons. The van der Waals surface area contributed by atoms with Crippen LogP contribution in [-0.2, 0) is 17.8 Å². The van der Waals surface area contributed by atoms with Crippen LogP contribution in [0.2, 0.25) is 0 Å². The molecule has 4 aromatic rings. The zero-order valence-corrected chi connectivity index (χ0v) is 20.2. The van der Waals surface area contributed by atoms with Crippen LogP contribution in [0, 0.1) is 13.8 Å². The van der Waals surface area contributed by atoms with Gasteiger partial charge in [-0.2, -0.15) is 5.10 Å². The molecule has 0 bridgehead atoms. The number of para-hydroxylation sites is 1. The zero-order chi connectivity index (χ0) is 23.4.